The van der Waals surface area contributed by atoms with E-state index in [9.17, 15) is 9.59 Å². The molecule has 2 aromatic carbocycles. The average Bonchev–Trinajstić information content (AvgIpc) is 2.98. The lowest BCUT2D eigenvalue weighted by Gasteiger charge is -2.11. The molecule has 0 aliphatic heterocycles. The monoisotopic (exact) mass is 384 g/mol. The molecule has 0 aliphatic rings. The molecular formula is C21H24N2O3S. The molecule has 0 saturated heterocycles. The summed E-state index contributed by atoms with van der Waals surface area (Å²) in [6.45, 7) is 4.81. The van der Waals surface area contributed by atoms with E-state index in [2.05, 4.69) is 4.98 Å². The number of hydrogen-bond donors (Lipinski definition) is 1. The molecule has 142 valence electrons. The van der Waals surface area contributed by atoms with Gasteiger partial charge in [-0.05, 0) is 56.4 Å². The summed E-state index contributed by atoms with van der Waals surface area (Å²) < 4.78 is 7.47. The van der Waals surface area contributed by atoms with Crippen molar-refractivity contribution in [3.05, 3.63) is 64.1 Å². The van der Waals surface area contributed by atoms with Crippen LogP contribution in [0.5, 0.6) is 5.75 Å². The van der Waals surface area contributed by atoms with Gasteiger partial charge >= 0.3 is 5.69 Å². The van der Waals surface area contributed by atoms with Gasteiger partial charge in [0.1, 0.15) is 5.75 Å². The molecule has 0 aliphatic carbocycles. The Balaban J connectivity index is 1.58. The van der Waals surface area contributed by atoms with E-state index in [1.54, 1.807) is 23.3 Å². The average molecular weight is 385 g/mol. The zero-order valence-corrected chi connectivity index (χ0v) is 16.5. The number of carbonyl (C=O) groups is 1. The second-order valence-corrected chi connectivity index (χ2v) is 7.42. The van der Waals surface area contributed by atoms with Crippen LogP contribution in [0.15, 0.2) is 47.3 Å². The molecule has 5 nitrogen and oxygen atoms in total. The largest absolute Gasteiger partial charge is 0.494 e. The first-order valence-electron chi connectivity index (χ1n) is 9.12. The SMILES string of the molecule is CCOc1ccc(C(C)=O)cc1CSCCCn1c(=O)[nH]c2ccccc21. The van der Waals surface area contributed by atoms with Gasteiger partial charge in [0.25, 0.3) is 0 Å². The number of aromatic nitrogens is 2. The highest BCUT2D eigenvalue weighted by molar-refractivity contribution is 7.98. The molecule has 1 heterocycles. The minimum atomic E-state index is -0.0611. The lowest BCUT2D eigenvalue weighted by Crippen LogP contribution is -2.17. The number of thioether (sulfide) groups is 1. The zero-order valence-electron chi connectivity index (χ0n) is 15.7. The minimum absolute atomic E-state index is 0.0583. The van der Waals surface area contributed by atoms with Crippen LogP contribution < -0.4 is 10.4 Å². The summed E-state index contributed by atoms with van der Waals surface area (Å²) in [5.41, 5.74) is 3.50. The first-order chi connectivity index (χ1) is 13.1. The van der Waals surface area contributed by atoms with E-state index >= 15 is 0 Å². The quantitative estimate of drug-likeness (QED) is 0.442. The number of benzene rings is 2. The summed E-state index contributed by atoms with van der Waals surface area (Å²) in [6, 6.07) is 13.3. The zero-order chi connectivity index (χ0) is 19.2. The van der Waals surface area contributed by atoms with Crippen LogP contribution in [0.3, 0.4) is 0 Å². The maximum Gasteiger partial charge on any atom is 0.326 e. The van der Waals surface area contributed by atoms with E-state index in [1.807, 2.05) is 49.4 Å². The summed E-state index contributed by atoms with van der Waals surface area (Å²) in [7, 11) is 0. The molecular weight excluding hydrogens is 360 g/mol. The first kappa shape index (κ1) is 19.3. The van der Waals surface area contributed by atoms with Gasteiger partial charge in [0.2, 0.25) is 0 Å². The van der Waals surface area contributed by atoms with Gasteiger partial charge in [-0.15, -0.1) is 0 Å². The van der Waals surface area contributed by atoms with Crippen molar-refractivity contribution < 1.29 is 9.53 Å². The highest BCUT2D eigenvalue weighted by atomic mass is 32.2. The van der Waals surface area contributed by atoms with Crippen molar-refractivity contribution in [1.82, 2.24) is 9.55 Å². The lowest BCUT2D eigenvalue weighted by atomic mass is 10.1. The third-order valence-electron chi connectivity index (χ3n) is 4.38. The van der Waals surface area contributed by atoms with Gasteiger partial charge in [-0.25, -0.2) is 4.79 Å². The number of fused-ring (bicyclic) bond motifs is 1. The second kappa shape index (κ2) is 8.95. The van der Waals surface area contributed by atoms with E-state index in [-0.39, 0.29) is 11.5 Å². The third-order valence-corrected chi connectivity index (χ3v) is 5.47. The van der Waals surface area contributed by atoms with Crippen molar-refractivity contribution in [2.24, 2.45) is 0 Å². The van der Waals surface area contributed by atoms with E-state index in [0.29, 0.717) is 18.7 Å². The van der Waals surface area contributed by atoms with Crippen molar-refractivity contribution in [2.75, 3.05) is 12.4 Å². The van der Waals surface area contributed by atoms with Crippen LogP contribution in [0.2, 0.25) is 0 Å². The Morgan fingerprint density at radius 1 is 1.22 bits per heavy atom. The number of ether oxygens (including phenoxy) is 1. The fraction of sp³-hybridized carbons (Fsp3) is 0.333. The molecule has 1 aromatic heterocycles. The second-order valence-electron chi connectivity index (χ2n) is 6.32. The molecule has 27 heavy (non-hydrogen) atoms. The van der Waals surface area contributed by atoms with Crippen LogP contribution >= 0.6 is 11.8 Å². The Morgan fingerprint density at radius 3 is 2.81 bits per heavy atom. The van der Waals surface area contributed by atoms with Gasteiger partial charge < -0.3 is 9.72 Å². The Morgan fingerprint density at radius 2 is 2.04 bits per heavy atom. The van der Waals surface area contributed by atoms with E-state index in [0.717, 1.165) is 40.3 Å². The predicted molar refractivity (Wildman–Crippen MR) is 111 cm³/mol. The summed E-state index contributed by atoms with van der Waals surface area (Å²) in [5, 5.41) is 0. The highest BCUT2D eigenvalue weighted by Gasteiger charge is 2.09. The molecule has 0 amide bonds. The first-order valence-corrected chi connectivity index (χ1v) is 10.3. The fourth-order valence-corrected chi connectivity index (χ4v) is 3.97. The van der Waals surface area contributed by atoms with Gasteiger partial charge in [-0.2, -0.15) is 11.8 Å². The number of Topliss-reactive ketones (excluding diaryl/α,β-unsaturated/α-hetero) is 1. The molecule has 0 unspecified atom stereocenters. The van der Waals surface area contributed by atoms with E-state index in [1.165, 1.54) is 0 Å². The number of H-pyrrole nitrogens is 1. The normalized spacial score (nSPS) is 11.0. The molecule has 0 spiro atoms. The van der Waals surface area contributed by atoms with Crippen molar-refractivity contribution in [1.29, 1.82) is 0 Å². The standard InChI is InChI=1S/C21H24N2O3S/c1-3-26-20-10-9-16(15(2)24)13-17(20)14-27-12-6-11-23-19-8-5-4-7-18(19)22-21(23)25/h4-5,7-10,13H,3,6,11-12,14H2,1-2H3,(H,22,25). The van der Waals surface area contributed by atoms with Crippen LogP contribution in [0.4, 0.5) is 0 Å². The minimum Gasteiger partial charge on any atom is -0.494 e. The molecule has 6 heteroatoms. The van der Waals surface area contributed by atoms with Gasteiger partial charge in [-0.3, -0.25) is 9.36 Å². The molecule has 0 atom stereocenters. The number of para-hydroxylation sites is 2. The van der Waals surface area contributed by atoms with Crippen molar-refractivity contribution in [2.45, 2.75) is 32.6 Å². The topological polar surface area (TPSA) is 64.1 Å². The van der Waals surface area contributed by atoms with Crippen LogP contribution in [0, 0.1) is 0 Å². The molecule has 0 saturated carbocycles. The number of ketones is 1. The number of rotatable bonds is 9. The van der Waals surface area contributed by atoms with E-state index in [4.69, 9.17) is 4.74 Å². The molecule has 0 bridgehead atoms. The van der Waals surface area contributed by atoms with Crippen LogP contribution in [-0.2, 0) is 12.3 Å². The predicted octanol–water partition coefficient (Wildman–Crippen LogP) is 4.25. The number of carbonyl (C=O) groups excluding carboxylic acids is 1. The maximum atomic E-state index is 12.1. The van der Waals surface area contributed by atoms with Crippen LogP contribution in [0.25, 0.3) is 11.0 Å². The number of hydrogen-bond acceptors (Lipinski definition) is 4. The van der Waals surface area contributed by atoms with Gasteiger partial charge in [0.05, 0.1) is 17.6 Å². The van der Waals surface area contributed by atoms with Crippen LogP contribution in [-0.4, -0.2) is 27.7 Å². The van der Waals surface area contributed by atoms with Crippen molar-refractivity contribution in [3.8, 4) is 5.75 Å². The summed E-state index contributed by atoms with van der Waals surface area (Å²) in [6.07, 6.45) is 0.892. The summed E-state index contributed by atoms with van der Waals surface area (Å²) in [5.74, 6) is 2.59. The number of aryl methyl sites for hydroxylation is 1. The fourth-order valence-electron chi connectivity index (χ4n) is 3.04. The Bertz CT molecular complexity index is 991. The molecule has 3 rings (SSSR count). The van der Waals surface area contributed by atoms with Crippen LogP contribution in [0.1, 0.15) is 36.2 Å². The van der Waals surface area contributed by atoms with Crippen molar-refractivity contribution in [3.63, 3.8) is 0 Å². The Kier molecular flexibility index (Phi) is 6.40. The number of nitrogens with one attached hydrogen (secondary N) is 1. The summed E-state index contributed by atoms with van der Waals surface area (Å²) >= 11 is 1.78. The van der Waals surface area contributed by atoms with Gasteiger partial charge in [0, 0.05) is 23.4 Å². The molecule has 3 aromatic rings. The molecule has 1 N–H and O–H groups in total. The Labute approximate surface area is 162 Å². The molecule has 0 radical (unpaired) electrons. The molecule has 0 fully saturated rings. The van der Waals surface area contributed by atoms with E-state index < -0.39 is 0 Å². The smallest absolute Gasteiger partial charge is 0.326 e. The number of nitrogens with zero attached hydrogens (tertiary/aromatic N) is 1. The lowest BCUT2D eigenvalue weighted by molar-refractivity contribution is 0.101. The maximum absolute atomic E-state index is 12.1. The highest BCUT2D eigenvalue weighted by Crippen LogP contribution is 2.25. The van der Waals surface area contributed by atoms with Gasteiger partial charge in [-0.1, -0.05) is 12.1 Å². The number of imidazole rings is 1. The Hall–Kier alpha value is -2.47. The van der Waals surface area contributed by atoms with Gasteiger partial charge in [0.15, 0.2) is 5.78 Å². The number of aromatic amines is 1. The third kappa shape index (κ3) is 4.63. The van der Waals surface area contributed by atoms with Crippen molar-refractivity contribution >= 4 is 28.6 Å². The summed E-state index contributed by atoms with van der Waals surface area (Å²) in [4.78, 5) is 26.6.